The Bertz CT molecular complexity index is 1170. The van der Waals surface area contributed by atoms with Crippen LogP contribution in [0.3, 0.4) is 0 Å². The van der Waals surface area contributed by atoms with Gasteiger partial charge in [-0.05, 0) is 7.05 Å². The number of carbonyl (C=O) groups excluding carboxylic acids is 1. The summed E-state index contributed by atoms with van der Waals surface area (Å²) in [6.07, 6.45) is 2.57. The fourth-order valence-electron chi connectivity index (χ4n) is 4.19. The molecule has 5 rings (SSSR count). The van der Waals surface area contributed by atoms with Gasteiger partial charge in [-0.2, -0.15) is 0 Å². The molecule has 1 saturated heterocycles. The Morgan fingerprint density at radius 2 is 1.97 bits per heavy atom. The van der Waals surface area contributed by atoms with Gasteiger partial charge in [0.2, 0.25) is 0 Å². The van der Waals surface area contributed by atoms with Crippen molar-refractivity contribution in [3.05, 3.63) is 57.4 Å². The molecule has 1 N–H and O–H groups in total. The first kappa shape index (κ1) is 18.8. The van der Waals surface area contributed by atoms with Crippen molar-refractivity contribution in [3.63, 3.8) is 0 Å². The topological polar surface area (TPSA) is 39.3 Å². The van der Waals surface area contributed by atoms with Crippen molar-refractivity contribution in [2.45, 2.75) is 0 Å². The average Bonchev–Trinajstić information content (AvgIpc) is 3.13. The number of aromatic amines is 1. The summed E-state index contributed by atoms with van der Waals surface area (Å²) in [4.78, 5) is 19.8. The van der Waals surface area contributed by atoms with E-state index >= 15 is 0 Å². The van der Waals surface area contributed by atoms with Gasteiger partial charge < -0.3 is 0 Å². The number of H-pyrrole nitrogens is 1. The van der Waals surface area contributed by atoms with E-state index in [-0.39, 0.29) is 27.0 Å². The quantitative estimate of drug-likeness (QED) is 0.333. The molecule has 0 unspecified atom stereocenters. The summed E-state index contributed by atoms with van der Waals surface area (Å²) in [7, 11) is 2.15. The fourth-order valence-corrected chi connectivity index (χ4v) is 6.16. The zero-order valence-corrected chi connectivity index (χ0v) is 18.4. The fraction of sp³-hybridized carbons (Fsp3) is 0.261. The third-order valence-corrected chi connectivity index (χ3v) is 7.86. The number of hydrogen-bond donors (Lipinski definition) is 1. The Labute approximate surface area is 179 Å². The molecule has 0 radical (unpaired) electrons. The maximum absolute atomic E-state index is 14.6. The van der Waals surface area contributed by atoms with Gasteiger partial charge in [0.1, 0.15) is 0 Å². The van der Waals surface area contributed by atoms with Crippen molar-refractivity contribution >= 4 is 39.4 Å². The number of hydrogen-bond acceptors (Lipinski definition) is 3. The van der Waals surface area contributed by atoms with E-state index < -0.39 is 0 Å². The molecule has 1 fully saturated rings. The molecule has 0 saturated carbocycles. The minimum absolute atomic E-state index is 0.153. The molecule has 1 aromatic heterocycles. The molecule has 0 amide bonds. The Balaban J connectivity index is 1.68. The number of aldehydes is 1. The molecule has 0 bridgehead atoms. The molecule has 2 aliphatic rings. The van der Waals surface area contributed by atoms with E-state index in [0.29, 0.717) is 11.1 Å². The number of nitrogens with one attached hydrogen (secondary N) is 1. The van der Waals surface area contributed by atoms with Crippen LogP contribution in [0.4, 0.5) is 10.1 Å². The van der Waals surface area contributed by atoms with Crippen LogP contribution in [0, 0.1) is 0 Å². The molecule has 29 heavy (non-hydrogen) atoms. The summed E-state index contributed by atoms with van der Waals surface area (Å²) in [6.45, 7) is 4.10. The summed E-state index contributed by atoms with van der Waals surface area (Å²) >= 11 is -0.163. The summed E-state index contributed by atoms with van der Waals surface area (Å²) in [6, 6.07) is 10.1. The van der Waals surface area contributed by atoms with Crippen LogP contribution in [0.1, 0.15) is 15.9 Å². The molecule has 3 heterocycles. The summed E-state index contributed by atoms with van der Waals surface area (Å²) in [5, 5.41) is 1.98. The van der Waals surface area contributed by atoms with Crippen molar-refractivity contribution in [1.29, 1.82) is 0 Å². The number of fused-ring (bicyclic) bond motifs is 3. The van der Waals surface area contributed by atoms with Gasteiger partial charge in [0.15, 0.2) is 0 Å². The third kappa shape index (κ3) is 3.28. The van der Waals surface area contributed by atoms with Crippen LogP contribution in [-0.2, 0) is 0 Å². The number of nitrogens with zero attached hydrogens (tertiary/aromatic N) is 2. The minimum atomic E-state index is -0.163. The monoisotopic (exact) mass is 502 g/mol. The second-order valence-electron chi connectivity index (χ2n) is 7.60. The third-order valence-electron chi connectivity index (χ3n) is 5.84. The van der Waals surface area contributed by atoms with Gasteiger partial charge in [-0.1, -0.05) is 0 Å². The van der Waals surface area contributed by atoms with Crippen LogP contribution >= 0.6 is 0 Å². The van der Waals surface area contributed by atoms with E-state index in [1.165, 1.54) is 5.69 Å². The first-order valence-electron chi connectivity index (χ1n) is 9.77. The predicted octanol–water partition coefficient (Wildman–Crippen LogP) is 1.18. The van der Waals surface area contributed by atoms with Crippen molar-refractivity contribution < 1.29 is 30.4 Å². The molecule has 3 aromatic rings. The molecule has 6 heteroatoms. The van der Waals surface area contributed by atoms with Crippen LogP contribution in [0.5, 0.6) is 0 Å². The number of allylic oxidation sites excluding steroid dienone is 3. The predicted molar refractivity (Wildman–Crippen MR) is 113 cm³/mol. The number of halogens is 2. The van der Waals surface area contributed by atoms with Gasteiger partial charge >= 0.3 is 173 Å². The van der Waals surface area contributed by atoms with E-state index in [1.54, 1.807) is 12.1 Å². The molecule has 0 aliphatic carbocycles. The van der Waals surface area contributed by atoms with E-state index in [0.717, 1.165) is 64.3 Å². The van der Waals surface area contributed by atoms with E-state index in [9.17, 15) is 9.18 Å². The van der Waals surface area contributed by atoms with Gasteiger partial charge in [-0.15, -0.1) is 0 Å². The van der Waals surface area contributed by atoms with Gasteiger partial charge in [0.05, 0.1) is 0 Å². The first-order chi connectivity index (χ1) is 14.2. The number of rotatable bonds is 3. The molecule has 2 aromatic carbocycles. The maximum atomic E-state index is 14.6. The van der Waals surface area contributed by atoms with E-state index in [2.05, 4.69) is 44.1 Å². The number of anilines is 1. The van der Waals surface area contributed by atoms with Crippen molar-refractivity contribution in [1.82, 2.24) is 9.88 Å². The van der Waals surface area contributed by atoms with Crippen molar-refractivity contribution in [2.75, 3.05) is 42.6 Å². The van der Waals surface area contributed by atoms with Gasteiger partial charge in [-0.25, -0.2) is 0 Å². The number of likely N-dealkylation sites (N-methyl/N-ethyl adjacent to an activating group) is 1. The molecule has 4 nitrogen and oxygen atoms in total. The summed E-state index contributed by atoms with van der Waals surface area (Å²) in [5.41, 5.74) is 5.12. The van der Waals surface area contributed by atoms with E-state index in [1.807, 2.05) is 6.07 Å². The second-order valence-corrected chi connectivity index (χ2v) is 9.98. The zero-order chi connectivity index (χ0) is 20.0. The number of alkyl halides is 1. The van der Waals surface area contributed by atoms with Gasteiger partial charge in [0.25, 0.3) is 0 Å². The zero-order valence-electron chi connectivity index (χ0n) is 16.2. The molecular weight excluding hydrogens is 480 g/mol. The summed E-state index contributed by atoms with van der Waals surface area (Å²) in [5.74, 6) is -0.153. The van der Waals surface area contributed by atoms with Crippen molar-refractivity contribution in [3.8, 4) is 0 Å². The van der Waals surface area contributed by atoms with Gasteiger partial charge in [0, 0.05) is 0 Å². The molecule has 2 aliphatic heterocycles. The van der Waals surface area contributed by atoms with Crippen LogP contribution in [0.2, 0.25) is 0 Å². The van der Waals surface area contributed by atoms with Gasteiger partial charge in [-0.3, -0.25) is 0 Å². The SMILES string of the molecule is CN1CCN(c2ccc3c(c2)[nH]c2c(C=O)ccc(C4=C[I-]CC=C4F)c23)CC1. The summed E-state index contributed by atoms with van der Waals surface area (Å²) < 4.78 is 17.5. The molecule has 150 valence electrons. The number of carbonyl (C=O) groups is 1. The number of piperazine rings is 1. The first-order valence-corrected chi connectivity index (χ1v) is 12.5. The number of benzene rings is 2. The Morgan fingerprint density at radius 3 is 2.72 bits per heavy atom. The molecule has 0 atom stereocenters. The average molecular weight is 502 g/mol. The van der Waals surface area contributed by atoms with Crippen LogP contribution in [0.15, 0.2) is 46.3 Å². The van der Waals surface area contributed by atoms with Crippen LogP contribution < -0.4 is 26.1 Å². The van der Waals surface area contributed by atoms with Crippen molar-refractivity contribution in [2.24, 2.45) is 0 Å². The van der Waals surface area contributed by atoms with Crippen LogP contribution in [-0.4, -0.2) is 53.8 Å². The normalized spacial score (nSPS) is 18.5. The molecular formula is C23H22FIN3O-. The standard InChI is InChI=1S/C23H22FIN3O/c1-27-8-10-28(11-9-27)16-3-5-18-21(12-16)26-23-15(14-29)2-4-17(22(18)23)19-13-25-7-6-20(19)24/h2-6,12-14,26H,7-11H2,1H3/q-1. The molecule has 0 spiro atoms. The Kier molecular flexibility index (Phi) is 4.91. The Morgan fingerprint density at radius 1 is 1.14 bits per heavy atom. The Hall–Kier alpha value is -2.19. The number of aromatic nitrogens is 1. The van der Waals surface area contributed by atoms with E-state index in [4.69, 9.17) is 0 Å². The second kappa shape index (κ2) is 7.57. The van der Waals surface area contributed by atoms with Crippen LogP contribution in [0.25, 0.3) is 27.4 Å².